The number of hydrogen-bond donors (Lipinski definition) is 0. The van der Waals surface area contributed by atoms with E-state index in [1.807, 2.05) is 25.1 Å². The predicted octanol–water partition coefficient (Wildman–Crippen LogP) is 2.85. The molecule has 0 N–H and O–H groups in total. The standard InChI is InChI=1S/C13H14ClNO2S/c1-10-4-3-5-11(8-10)9-12-6-7-13(15(12)2)18(14,16)17/h3-8H,9H2,1-2H3. The molecule has 0 amide bonds. The maximum atomic E-state index is 11.3. The summed E-state index contributed by atoms with van der Waals surface area (Å²) in [5.74, 6) is 0. The molecule has 2 rings (SSSR count). The minimum Gasteiger partial charge on any atom is -0.338 e. The summed E-state index contributed by atoms with van der Waals surface area (Å²) in [6, 6.07) is 11.5. The van der Waals surface area contributed by atoms with Gasteiger partial charge in [0.15, 0.2) is 5.03 Å². The van der Waals surface area contributed by atoms with Gasteiger partial charge in [-0.15, -0.1) is 0 Å². The summed E-state index contributed by atoms with van der Waals surface area (Å²) in [7, 11) is 3.39. The van der Waals surface area contributed by atoms with Crippen molar-refractivity contribution in [2.75, 3.05) is 0 Å². The fourth-order valence-corrected chi connectivity index (χ4v) is 3.13. The van der Waals surface area contributed by atoms with Crippen LogP contribution in [0.3, 0.4) is 0 Å². The Kier molecular flexibility index (Phi) is 3.50. The van der Waals surface area contributed by atoms with Crippen molar-refractivity contribution in [2.45, 2.75) is 18.4 Å². The molecule has 0 aliphatic heterocycles. The molecule has 18 heavy (non-hydrogen) atoms. The Labute approximate surface area is 111 Å². The van der Waals surface area contributed by atoms with Crippen LogP contribution in [0, 0.1) is 6.92 Å². The second-order valence-electron chi connectivity index (χ2n) is 4.33. The average molecular weight is 284 g/mol. The molecule has 0 spiro atoms. The summed E-state index contributed by atoms with van der Waals surface area (Å²) in [6.07, 6.45) is 0.685. The summed E-state index contributed by atoms with van der Waals surface area (Å²) in [5, 5.41) is 0.131. The number of benzene rings is 1. The van der Waals surface area contributed by atoms with E-state index < -0.39 is 9.05 Å². The third kappa shape index (κ3) is 2.76. The Hall–Kier alpha value is -1.26. The van der Waals surface area contributed by atoms with Gasteiger partial charge in [0.05, 0.1) is 0 Å². The van der Waals surface area contributed by atoms with Gasteiger partial charge >= 0.3 is 0 Å². The normalized spacial score (nSPS) is 11.7. The topological polar surface area (TPSA) is 39.1 Å². The zero-order valence-corrected chi connectivity index (χ0v) is 11.8. The molecule has 0 saturated heterocycles. The number of halogens is 1. The van der Waals surface area contributed by atoms with E-state index in [1.54, 1.807) is 17.7 Å². The van der Waals surface area contributed by atoms with Crippen LogP contribution in [0.25, 0.3) is 0 Å². The fraction of sp³-hybridized carbons (Fsp3) is 0.231. The molecule has 3 nitrogen and oxygen atoms in total. The first kappa shape index (κ1) is 13.2. The van der Waals surface area contributed by atoms with Gasteiger partial charge in [0.25, 0.3) is 9.05 Å². The van der Waals surface area contributed by atoms with Gasteiger partial charge in [-0.05, 0) is 24.6 Å². The number of aromatic nitrogens is 1. The molecule has 5 heteroatoms. The Bertz CT molecular complexity index is 674. The first-order valence-electron chi connectivity index (χ1n) is 5.53. The average Bonchev–Trinajstić information content (AvgIpc) is 2.60. The van der Waals surface area contributed by atoms with Crippen molar-refractivity contribution in [1.29, 1.82) is 0 Å². The molecule has 1 aromatic heterocycles. The second-order valence-corrected chi connectivity index (χ2v) is 6.84. The lowest BCUT2D eigenvalue weighted by atomic mass is 10.1. The molecule has 0 atom stereocenters. The van der Waals surface area contributed by atoms with Crippen LogP contribution in [-0.4, -0.2) is 13.0 Å². The molecule has 1 heterocycles. The van der Waals surface area contributed by atoms with Crippen molar-refractivity contribution < 1.29 is 8.42 Å². The van der Waals surface area contributed by atoms with Crippen molar-refractivity contribution in [3.63, 3.8) is 0 Å². The monoisotopic (exact) mass is 283 g/mol. The maximum Gasteiger partial charge on any atom is 0.276 e. The molecule has 0 aliphatic rings. The lowest BCUT2D eigenvalue weighted by molar-refractivity contribution is 0.598. The smallest absolute Gasteiger partial charge is 0.276 e. The molecule has 0 bridgehead atoms. The molecular formula is C13H14ClNO2S. The van der Waals surface area contributed by atoms with E-state index in [2.05, 4.69) is 6.07 Å². The zero-order valence-electron chi connectivity index (χ0n) is 10.2. The molecule has 0 saturated carbocycles. The van der Waals surface area contributed by atoms with Gasteiger partial charge in [0.1, 0.15) is 0 Å². The third-order valence-corrected chi connectivity index (χ3v) is 4.28. The Morgan fingerprint density at radius 1 is 1.22 bits per heavy atom. The molecule has 0 aliphatic carbocycles. The van der Waals surface area contributed by atoms with Crippen LogP contribution in [0.15, 0.2) is 41.4 Å². The lowest BCUT2D eigenvalue weighted by Gasteiger charge is -2.06. The predicted molar refractivity (Wildman–Crippen MR) is 72.4 cm³/mol. The van der Waals surface area contributed by atoms with Gasteiger partial charge in [-0.1, -0.05) is 29.8 Å². The van der Waals surface area contributed by atoms with Gasteiger partial charge in [-0.3, -0.25) is 0 Å². The van der Waals surface area contributed by atoms with Crippen molar-refractivity contribution in [1.82, 2.24) is 4.57 Å². The minimum atomic E-state index is -3.68. The zero-order chi connectivity index (χ0) is 13.3. The van der Waals surface area contributed by atoms with Crippen LogP contribution in [0.2, 0.25) is 0 Å². The number of rotatable bonds is 3. The quantitative estimate of drug-likeness (QED) is 0.813. The summed E-state index contributed by atoms with van der Waals surface area (Å²) in [5.41, 5.74) is 3.25. The van der Waals surface area contributed by atoms with Gasteiger partial charge in [0.2, 0.25) is 0 Å². The summed E-state index contributed by atoms with van der Waals surface area (Å²) in [4.78, 5) is 0. The van der Waals surface area contributed by atoms with E-state index in [4.69, 9.17) is 10.7 Å². The highest BCUT2D eigenvalue weighted by molar-refractivity contribution is 8.13. The largest absolute Gasteiger partial charge is 0.338 e. The highest BCUT2D eigenvalue weighted by atomic mass is 35.7. The minimum absolute atomic E-state index is 0.131. The van der Waals surface area contributed by atoms with E-state index in [0.29, 0.717) is 6.42 Å². The van der Waals surface area contributed by atoms with Crippen LogP contribution < -0.4 is 0 Å². The first-order chi connectivity index (χ1) is 8.38. The van der Waals surface area contributed by atoms with Crippen LogP contribution in [0.5, 0.6) is 0 Å². The molecule has 0 radical (unpaired) electrons. The van der Waals surface area contributed by atoms with Crippen LogP contribution >= 0.6 is 10.7 Å². The number of nitrogens with zero attached hydrogens (tertiary/aromatic N) is 1. The Balaban J connectivity index is 2.34. The van der Waals surface area contributed by atoms with E-state index in [-0.39, 0.29) is 5.03 Å². The van der Waals surface area contributed by atoms with Crippen LogP contribution in [0.4, 0.5) is 0 Å². The SMILES string of the molecule is Cc1cccc(Cc2ccc(S(=O)(=O)Cl)n2C)c1. The summed E-state index contributed by atoms with van der Waals surface area (Å²) < 4.78 is 24.3. The second kappa shape index (κ2) is 4.78. The van der Waals surface area contributed by atoms with Crippen molar-refractivity contribution >= 4 is 19.7 Å². The molecule has 96 valence electrons. The van der Waals surface area contributed by atoms with Gasteiger partial charge in [0, 0.05) is 29.8 Å². The molecular weight excluding hydrogens is 270 g/mol. The van der Waals surface area contributed by atoms with Crippen LogP contribution in [-0.2, 0) is 22.5 Å². The van der Waals surface area contributed by atoms with Crippen LogP contribution in [0.1, 0.15) is 16.8 Å². The lowest BCUT2D eigenvalue weighted by Crippen LogP contribution is -2.04. The van der Waals surface area contributed by atoms with Crippen molar-refractivity contribution in [3.05, 3.63) is 53.2 Å². The van der Waals surface area contributed by atoms with Gasteiger partial charge in [-0.25, -0.2) is 8.42 Å². The summed E-state index contributed by atoms with van der Waals surface area (Å²) >= 11 is 0. The van der Waals surface area contributed by atoms with E-state index in [1.165, 1.54) is 11.6 Å². The third-order valence-electron chi connectivity index (χ3n) is 2.90. The summed E-state index contributed by atoms with van der Waals surface area (Å²) in [6.45, 7) is 2.03. The van der Waals surface area contributed by atoms with E-state index in [9.17, 15) is 8.42 Å². The molecule has 2 aromatic rings. The maximum absolute atomic E-state index is 11.3. The van der Waals surface area contributed by atoms with Crippen molar-refractivity contribution in [3.8, 4) is 0 Å². The first-order valence-corrected chi connectivity index (χ1v) is 7.83. The van der Waals surface area contributed by atoms with E-state index >= 15 is 0 Å². The number of hydrogen-bond acceptors (Lipinski definition) is 2. The van der Waals surface area contributed by atoms with Crippen molar-refractivity contribution in [2.24, 2.45) is 7.05 Å². The van der Waals surface area contributed by atoms with E-state index in [0.717, 1.165) is 11.3 Å². The Morgan fingerprint density at radius 3 is 2.50 bits per heavy atom. The number of aryl methyl sites for hydroxylation is 1. The fourth-order valence-electron chi connectivity index (χ4n) is 1.99. The molecule has 1 aromatic carbocycles. The van der Waals surface area contributed by atoms with Gasteiger partial charge in [-0.2, -0.15) is 0 Å². The Morgan fingerprint density at radius 2 is 1.94 bits per heavy atom. The van der Waals surface area contributed by atoms with Gasteiger partial charge < -0.3 is 4.57 Å². The highest BCUT2D eigenvalue weighted by Crippen LogP contribution is 2.20. The molecule has 0 fully saturated rings. The highest BCUT2D eigenvalue weighted by Gasteiger charge is 2.16. The molecule has 0 unspecified atom stereocenters.